The summed E-state index contributed by atoms with van der Waals surface area (Å²) >= 11 is 13.4. The van der Waals surface area contributed by atoms with Gasteiger partial charge in [0.2, 0.25) is 5.95 Å². The number of nitrogens with two attached hydrogens (primary N) is 1. The number of rotatable bonds is 8. The normalized spacial score (nSPS) is 11.0. The fourth-order valence-electron chi connectivity index (χ4n) is 4.28. The van der Waals surface area contributed by atoms with Gasteiger partial charge in [-0.15, -0.1) is 0 Å². The van der Waals surface area contributed by atoms with E-state index < -0.39 is 0 Å². The zero-order valence-corrected chi connectivity index (χ0v) is 23.3. The van der Waals surface area contributed by atoms with Crippen LogP contribution >= 0.6 is 23.2 Å². The molecule has 3 aromatic heterocycles. The number of aromatic nitrogens is 5. The van der Waals surface area contributed by atoms with Crippen LogP contribution < -0.4 is 20.5 Å². The molecule has 9 nitrogen and oxygen atoms in total. The minimum atomic E-state index is 0.236. The van der Waals surface area contributed by atoms with E-state index in [4.69, 9.17) is 43.4 Å². The SMILES string of the molecule is COc1ccc(Cn2cnc3nc(Nc4ccc(N)cc4)nc(Oc4c(Cl)cc(-c5ccncc5)cc4Cl)c32)cc1. The van der Waals surface area contributed by atoms with E-state index in [0.29, 0.717) is 33.4 Å². The van der Waals surface area contributed by atoms with Crippen LogP contribution in [0.3, 0.4) is 0 Å². The molecule has 0 spiro atoms. The fourth-order valence-corrected chi connectivity index (χ4v) is 4.85. The van der Waals surface area contributed by atoms with Crippen molar-refractivity contribution in [1.29, 1.82) is 0 Å². The molecule has 0 aliphatic heterocycles. The van der Waals surface area contributed by atoms with E-state index in [1.165, 1.54) is 0 Å². The molecule has 11 heteroatoms. The van der Waals surface area contributed by atoms with Crippen molar-refractivity contribution < 1.29 is 9.47 Å². The highest BCUT2D eigenvalue weighted by molar-refractivity contribution is 6.37. The molecule has 0 amide bonds. The van der Waals surface area contributed by atoms with Crippen molar-refractivity contribution in [3.63, 3.8) is 0 Å². The first-order valence-corrected chi connectivity index (χ1v) is 13.3. The summed E-state index contributed by atoms with van der Waals surface area (Å²) in [5.74, 6) is 1.56. The molecule has 0 radical (unpaired) electrons. The van der Waals surface area contributed by atoms with E-state index >= 15 is 0 Å². The number of imidazole rings is 1. The van der Waals surface area contributed by atoms with Crippen molar-refractivity contribution in [1.82, 2.24) is 24.5 Å². The quantitative estimate of drug-likeness (QED) is 0.178. The van der Waals surface area contributed by atoms with Gasteiger partial charge in [0.05, 0.1) is 23.5 Å². The van der Waals surface area contributed by atoms with Gasteiger partial charge in [0.15, 0.2) is 16.9 Å². The smallest absolute Gasteiger partial charge is 0.250 e. The second-order valence-corrected chi connectivity index (χ2v) is 9.91. The van der Waals surface area contributed by atoms with Crippen molar-refractivity contribution in [3.05, 3.63) is 107 Å². The lowest BCUT2D eigenvalue weighted by molar-refractivity contribution is 0.414. The number of nitrogen functional groups attached to an aromatic ring is 1. The van der Waals surface area contributed by atoms with Crippen LogP contribution in [0.2, 0.25) is 10.0 Å². The number of anilines is 3. The molecule has 6 rings (SSSR count). The number of halogens is 2. The summed E-state index contributed by atoms with van der Waals surface area (Å²) in [5.41, 5.74) is 11.0. The Morgan fingerprint density at radius 3 is 2.27 bits per heavy atom. The van der Waals surface area contributed by atoms with Gasteiger partial charge in [-0.25, -0.2) is 4.98 Å². The molecule has 3 N–H and O–H groups in total. The van der Waals surface area contributed by atoms with Crippen LogP contribution in [0.15, 0.2) is 91.5 Å². The van der Waals surface area contributed by atoms with Crippen molar-refractivity contribution in [3.8, 4) is 28.5 Å². The van der Waals surface area contributed by atoms with Crippen molar-refractivity contribution in [2.24, 2.45) is 0 Å². The maximum Gasteiger partial charge on any atom is 0.250 e. The minimum absolute atomic E-state index is 0.236. The lowest BCUT2D eigenvalue weighted by Gasteiger charge is -2.14. The van der Waals surface area contributed by atoms with E-state index in [1.807, 2.05) is 53.1 Å². The number of hydrogen-bond donors (Lipinski definition) is 2. The van der Waals surface area contributed by atoms with Crippen LogP contribution in [-0.4, -0.2) is 31.6 Å². The first-order valence-electron chi connectivity index (χ1n) is 12.5. The van der Waals surface area contributed by atoms with Gasteiger partial charge in [0.25, 0.3) is 5.88 Å². The molecule has 0 saturated heterocycles. The zero-order chi connectivity index (χ0) is 28.3. The number of methoxy groups -OCH3 is 1. The average molecular weight is 584 g/mol. The van der Waals surface area contributed by atoms with Crippen LogP contribution in [0.5, 0.6) is 17.4 Å². The Morgan fingerprint density at radius 1 is 0.878 bits per heavy atom. The van der Waals surface area contributed by atoms with Crippen molar-refractivity contribution >= 4 is 51.7 Å². The number of pyridine rings is 1. The lowest BCUT2D eigenvalue weighted by Crippen LogP contribution is -2.04. The minimum Gasteiger partial charge on any atom is -0.497 e. The van der Waals surface area contributed by atoms with Gasteiger partial charge in [0.1, 0.15) is 5.75 Å². The Balaban J connectivity index is 1.41. The largest absolute Gasteiger partial charge is 0.497 e. The summed E-state index contributed by atoms with van der Waals surface area (Å²) in [6, 6.07) is 22.3. The predicted octanol–water partition coefficient (Wildman–Crippen LogP) is 7.37. The molecule has 0 aliphatic rings. The standard InChI is InChI=1S/C30H23Cl2N7O2/c1-40-23-8-2-18(3-9-23)16-39-17-35-28-26(39)29(38-30(37-28)36-22-6-4-21(33)5-7-22)41-27-24(31)14-20(15-25(27)32)19-10-12-34-13-11-19/h2-15,17H,16,33H2,1H3,(H,36,37,38). The van der Waals surface area contributed by atoms with Crippen molar-refractivity contribution in [2.45, 2.75) is 6.54 Å². The number of ether oxygens (including phenoxy) is 2. The van der Waals surface area contributed by atoms with Crippen LogP contribution in [0.1, 0.15) is 5.56 Å². The van der Waals surface area contributed by atoms with E-state index in [2.05, 4.69) is 20.3 Å². The van der Waals surface area contributed by atoms with Crippen LogP contribution in [-0.2, 0) is 6.54 Å². The summed E-state index contributed by atoms with van der Waals surface area (Å²) in [5, 5.41) is 3.84. The highest BCUT2D eigenvalue weighted by Gasteiger charge is 2.20. The van der Waals surface area contributed by atoms with E-state index in [1.54, 1.807) is 50.1 Å². The third-order valence-corrected chi connectivity index (χ3v) is 6.89. The molecule has 0 saturated carbocycles. The molecule has 204 valence electrons. The molecule has 0 aliphatic carbocycles. The van der Waals surface area contributed by atoms with Gasteiger partial charge < -0.3 is 25.1 Å². The molecular weight excluding hydrogens is 561 g/mol. The van der Waals surface area contributed by atoms with Crippen LogP contribution in [0.4, 0.5) is 17.3 Å². The molecule has 41 heavy (non-hydrogen) atoms. The highest BCUT2D eigenvalue weighted by Crippen LogP contribution is 2.41. The summed E-state index contributed by atoms with van der Waals surface area (Å²) in [6.07, 6.45) is 5.11. The van der Waals surface area contributed by atoms with Crippen LogP contribution in [0.25, 0.3) is 22.3 Å². The maximum absolute atomic E-state index is 6.71. The summed E-state index contributed by atoms with van der Waals surface area (Å²) in [4.78, 5) is 17.9. The van der Waals surface area contributed by atoms with Gasteiger partial charge in [0, 0.05) is 30.3 Å². The number of hydrogen-bond acceptors (Lipinski definition) is 8. The number of nitrogens with one attached hydrogen (secondary N) is 1. The van der Waals surface area contributed by atoms with Gasteiger partial charge in [-0.1, -0.05) is 35.3 Å². The number of fused-ring (bicyclic) bond motifs is 1. The zero-order valence-electron chi connectivity index (χ0n) is 21.8. The van der Waals surface area contributed by atoms with Gasteiger partial charge in [-0.05, 0) is 77.4 Å². The Hall–Kier alpha value is -4.86. The Labute approximate surface area is 245 Å². The molecule has 0 fully saturated rings. The molecule has 3 aromatic carbocycles. The fraction of sp³-hybridized carbons (Fsp3) is 0.0667. The molecule has 3 heterocycles. The van der Waals surface area contributed by atoms with Gasteiger partial charge in [-0.3, -0.25) is 4.98 Å². The summed E-state index contributed by atoms with van der Waals surface area (Å²) < 4.78 is 13.5. The molecule has 6 aromatic rings. The summed E-state index contributed by atoms with van der Waals surface area (Å²) in [7, 11) is 1.63. The molecule has 0 unspecified atom stereocenters. The predicted molar refractivity (Wildman–Crippen MR) is 161 cm³/mol. The first kappa shape index (κ1) is 26.4. The first-order chi connectivity index (χ1) is 20.0. The van der Waals surface area contributed by atoms with E-state index in [-0.39, 0.29) is 17.6 Å². The topological polar surface area (TPSA) is 113 Å². The number of benzene rings is 3. The molecule has 0 atom stereocenters. The highest BCUT2D eigenvalue weighted by atomic mass is 35.5. The third-order valence-electron chi connectivity index (χ3n) is 6.33. The Kier molecular flexibility index (Phi) is 7.28. The Morgan fingerprint density at radius 2 is 1.59 bits per heavy atom. The van der Waals surface area contributed by atoms with Gasteiger partial charge in [-0.2, -0.15) is 9.97 Å². The van der Waals surface area contributed by atoms with Crippen LogP contribution in [0, 0.1) is 0 Å². The van der Waals surface area contributed by atoms with E-state index in [0.717, 1.165) is 28.1 Å². The third kappa shape index (κ3) is 5.72. The lowest BCUT2D eigenvalue weighted by atomic mass is 10.1. The monoisotopic (exact) mass is 583 g/mol. The second kappa shape index (κ2) is 11.3. The van der Waals surface area contributed by atoms with Gasteiger partial charge >= 0.3 is 0 Å². The van der Waals surface area contributed by atoms with Crippen molar-refractivity contribution in [2.75, 3.05) is 18.2 Å². The summed E-state index contributed by atoms with van der Waals surface area (Å²) in [6.45, 7) is 0.493. The average Bonchev–Trinajstić information content (AvgIpc) is 3.39. The Bertz CT molecular complexity index is 1800. The molecule has 0 bridgehead atoms. The number of nitrogens with zero attached hydrogens (tertiary/aromatic N) is 5. The second-order valence-electron chi connectivity index (χ2n) is 9.10. The maximum atomic E-state index is 6.71. The van der Waals surface area contributed by atoms with E-state index in [9.17, 15) is 0 Å². The molecular formula is C30H23Cl2N7O2.